The van der Waals surface area contributed by atoms with E-state index in [2.05, 4.69) is 232 Å². The van der Waals surface area contributed by atoms with Gasteiger partial charge in [0.25, 0.3) is 0 Å². The number of hydrogen-bond donors (Lipinski definition) is 0. The molecule has 15 aromatic carbocycles. The van der Waals surface area contributed by atoms with Crippen molar-refractivity contribution in [3.8, 4) is 55.6 Å². The topological polar surface area (TPSA) is 85.3 Å². The number of Topliss-reactive ketones (excluding diaryl/α,β-unsaturated/α-hetero) is 1. The number of sulfone groups is 2. The molecule has 0 heterocycles. The van der Waals surface area contributed by atoms with Gasteiger partial charge in [-0.1, -0.05) is 384 Å². The van der Waals surface area contributed by atoms with Crippen molar-refractivity contribution in [2.75, 3.05) is 0 Å². The molecular weight excluding hydrogens is 1540 g/mol. The Hall–Kier alpha value is -13.1. The molecule has 120 heavy (non-hydrogen) atoms. The van der Waals surface area contributed by atoms with Crippen LogP contribution < -0.4 is 0 Å². The van der Waals surface area contributed by atoms with Crippen LogP contribution in [0.3, 0.4) is 0 Å². The van der Waals surface area contributed by atoms with E-state index in [1.807, 2.05) is 94.5 Å². The SMILES string of the molecule is CC(C)(c1cccc(-c2ccccc2)c1)c1cccc(-c2ccccc2)c1.Cc1cc(C)cc(S(=O)(=O)c2cc(C)cc(C)c2)c1.FC(F)(F)C(c1ccccc1)(c1ccccc1)C(F)(F)F.O=C(c1ccccc1)C1C=CC=CC1.O=S(=O)(c1ccccc1)c1ccccc1.c1ccc(-c2cccc(-c3cccc(-c4ccccc4)c3)c2)cc1. The van der Waals surface area contributed by atoms with Crippen LogP contribution in [0.15, 0.2) is 450 Å². The Morgan fingerprint density at radius 1 is 0.275 bits per heavy atom. The Kier molecular flexibility index (Phi) is 29.5. The largest absolute Gasteiger partial charge is 0.411 e. The smallest absolute Gasteiger partial charge is 0.294 e. The molecule has 1 aliphatic carbocycles. The van der Waals surface area contributed by atoms with E-state index < -0.39 is 48.6 Å². The minimum Gasteiger partial charge on any atom is -0.294 e. The number of carbonyl (C=O) groups is 1. The molecule has 0 saturated carbocycles. The third-order valence-electron chi connectivity index (χ3n) is 20.4. The van der Waals surface area contributed by atoms with E-state index in [1.165, 1.54) is 78.9 Å². The van der Waals surface area contributed by atoms with Gasteiger partial charge in [0.15, 0.2) is 5.78 Å². The van der Waals surface area contributed by atoms with Crippen molar-refractivity contribution in [2.45, 2.75) is 90.7 Å². The summed E-state index contributed by atoms with van der Waals surface area (Å²) in [5.41, 5.74) is 14.0. The summed E-state index contributed by atoms with van der Waals surface area (Å²) >= 11 is 0. The average molecular weight is 1640 g/mol. The van der Waals surface area contributed by atoms with Crippen molar-refractivity contribution in [3.05, 3.63) is 481 Å². The first-order chi connectivity index (χ1) is 57.6. The lowest BCUT2D eigenvalue weighted by Gasteiger charge is -2.38. The molecule has 1 unspecified atom stereocenters. The van der Waals surface area contributed by atoms with Crippen LogP contribution in [0.2, 0.25) is 0 Å². The van der Waals surface area contributed by atoms with Crippen molar-refractivity contribution in [1.82, 2.24) is 0 Å². The van der Waals surface area contributed by atoms with Gasteiger partial charge in [-0.15, -0.1) is 0 Å². The van der Waals surface area contributed by atoms with Crippen molar-refractivity contribution in [3.63, 3.8) is 0 Å². The van der Waals surface area contributed by atoms with E-state index >= 15 is 0 Å². The van der Waals surface area contributed by atoms with Gasteiger partial charge >= 0.3 is 12.4 Å². The molecule has 13 heteroatoms. The second-order valence-electron chi connectivity index (χ2n) is 29.6. The lowest BCUT2D eigenvalue weighted by atomic mass is 9.73. The van der Waals surface area contributed by atoms with Gasteiger partial charge in [-0.2, -0.15) is 26.3 Å². The molecule has 5 nitrogen and oxygen atoms in total. The Morgan fingerprint density at radius 2 is 0.525 bits per heavy atom. The van der Waals surface area contributed by atoms with Crippen LogP contribution in [0.4, 0.5) is 26.3 Å². The molecule has 0 bridgehead atoms. The fraction of sp³-hybridized carbons (Fsp3) is 0.112. The molecule has 0 aromatic heterocycles. The van der Waals surface area contributed by atoms with Crippen LogP contribution in [-0.2, 0) is 30.5 Å². The number of halogens is 6. The summed E-state index contributed by atoms with van der Waals surface area (Å²) in [6.07, 6.45) is -2.29. The van der Waals surface area contributed by atoms with E-state index in [1.54, 1.807) is 84.9 Å². The maximum Gasteiger partial charge on any atom is 0.411 e. The monoisotopic (exact) mass is 1630 g/mol. The summed E-state index contributed by atoms with van der Waals surface area (Å²) < 4.78 is 130. The molecular formula is C107H92F6O5S2. The molecule has 16 rings (SSSR count). The predicted octanol–water partition coefficient (Wildman–Crippen LogP) is 28.4. The summed E-state index contributed by atoms with van der Waals surface area (Å²) in [4.78, 5) is 13.3. The van der Waals surface area contributed by atoms with E-state index in [0.29, 0.717) is 19.6 Å². The number of rotatable bonds is 15. The fourth-order valence-electron chi connectivity index (χ4n) is 14.2. The van der Waals surface area contributed by atoms with Crippen molar-refractivity contribution in [1.29, 1.82) is 0 Å². The van der Waals surface area contributed by atoms with Crippen LogP contribution in [0.1, 0.15) is 75.1 Å². The van der Waals surface area contributed by atoms with E-state index in [9.17, 15) is 48.0 Å². The van der Waals surface area contributed by atoms with Gasteiger partial charge in [-0.25, -0.2) is 16.8 Å². The number of alkyl halides is 6. The maximum absolute atomic E-state index is 13.5. The molecule has 15 aromatic rings. The highest BCUT2D eigenvalue weighted by Gasteiger charge is 2.72. The molecule has 0 amide bonds. The van der Waals surface area contributed by atoms with Crippen LogP contribution in [0.5, 0.6) is 0 Å². The van der Waals surface area contributed by atoms with Gasteiger partial charge in [0.1, 0.15) is 0 Å². The first kappa shape index (κ1) is 87.8. The van der Waals surface area contributed by atoms with Crippen LogP contribution in [0.25, 0.3) is 55.6 Å². The second-order valence-corrected chi connectivity index (χ2v) is 33.5. The normalized spacial score (nSPS) is 12.5. The zero-order valence-corrected chi connectivity index (χ0v) is 69.0. The number of hydrogen-bond acceptors (Lipinski definition) is 5. The summed E-state index contributed by atoms with van der Waals surface area (Å²) in [6.45, 7) is 12.3. The Labute approximate surface area is 701 Å². The summed E-state index contributed by atoms with van der Waals surface area (Å²) in [6, 6.07) is 125. The van der Waals surface area contributed by atoms with Gasteiger partial charge in [0.05, 0.1) is 19.6 Å². The van der Waals surface area contributed by atoms with Crippen LogP contribution in [-0.4, -0.2) is 35.0 Å². The number of benzene rings is 15. The molecule has 0 aliphatic heterocycles. The van der Waals surface area contributed by atoms with E-state index in [4.69, 9.17) is 0 Å². The van der Waals surface area contributed by atoms with Gasteiger partial charge < -0.3 is 0 Å². The highest BCUT2D eigenvalue weighted by atomic mass is 32.2. The van der Waals surface area contributed by atoms with Gasteiger partial charge in [-0.3, -0.25) is 4.79 Å². The molecule has 0 saturated heterocycles. The maximum atomic E-state index is 13.5. The molecule has 0 N–H and O–H groups in total. The first-order valence-corrected chi connectivity index (χ1v) is 42.2. The zero-order valence-electron chi connectivity index (χ0n) is 67.4. The fourth-order valence-corrected chi connectivity index (χ4v) is 17.2. The number of allylic oxidation sites excluding steroid dienone is 4. The molecule has 0 fully saturated rings. The molecule has 1 aliphatic rings. The number of aryl methyl sites for hydroxylation is 4. The molecule has 604 valence electrons. The third kappa shape index (κ3) is 22.4. The molecule has 1 atom stereocenters. The number of ketones is 1. The lowest BCUT2D eigenvalue weighted by molar-refractivity contribution is -0.288. The van der Waals surface area contributed by atoms with Crippen LogP contribution >= 0.6 is 0 Å². The second kappa shape index (κ2) is 40.4. The Morgan fingerprint density at radius 3 is 0.825 bits per heavy atom. The first-order valence-electron chi connectivity index (χ1n) is 39.2. The predicted molar refractivity (Wildman–Crippen MR) is 477 cm³/mol. The van der Waals surface area contributed by atoms with Gasteiger partial charge in [0, 0.05) is 16.9 Å². The Balaban J connectivity index is 0.000000143. The molecule has 0 spiro atoms. The minimum absolute atomic E-state index is 0.0300. The van der Waals surface area contributed by atoms with Crippen molar-refractivity contribution >= 4 is 25.5 Å². The van der Waals surface area contributed by atoms with Crippen molar-refractivity contribution in [2.24, 2.45) is 5.92 Å². The minimum atomic E-state index is -5.52. The van der Waals surface area contributed by atoms with Gasteiger partial charge in [-0.05, 0) is 195 Å². The van der Waals surface area contributed by atoms with Crippen LogP contribution in [0, 0.1) is 33.6 Å². The highest BCUT2D eigenvalue weighted by molar-refractivity contribution is 7.91. The zero-order chi connectivity index (χ0) is 85.3. The van der Waals surface area contributed by atoms with Crippen molar-refractivity contribution < 1.29 is 48.0 Å². The standard InChI is InChI=1S/C27H24.C24H18.C16H18O2S.C15H10F6.C13H12O.C12H10O2S/c1-27(2,25-17-9-15-23(19-25)21-11-5-3-6-12-21)26-18-10-16-24(20-26)22-13-7-4-8-14-22;1-3-9-19(10-4-1)21-13-7-15-23(17-21)24-16-8-14-22(18-24)20-11-5-2-6-12-20;1-11-5-12(2)8-15(7-11)19(17,18)16-9-13(3)6-14(4)10-16;16-14(17,18)13(15(19,20)21,11-7-3-1-4-8-11)12-9-5-2-6-10-12;14-13(11-7-3-1-4-8-11)12-9-5-2-6-10-12;13-15(14,11-7-3-1-4-8-11)12-9-5-2-6-10-12/h3-20H,1-2H3;1-18H;5-10H,1-4H3;1-10H;1-9,12H,10H2;1-10H. The van der Waals surface area contributed by atoms with E-state index in [0.717, 1.165) is 82.8 Å². The van der Waals surface area contributed by atoms with Gasteiger partial charge in [0.2, 0.25) is 25.1 Å². The lowest BCUT2D eigenvalue weighted by Crippen LogP contribution is -2.54. The summed E-state index contributed by atoms with van der Waals surface area (Å²) in [5.74, 6) is 0.244. The average Bonchev–Trinajstić information content (AvgIpc) is 0.717. The Bertz CT molecular complexity index is 5760. The molecule has 0 radical (unpaired) electrons. The highest BCUT2D eigenvalue weighted by Crippen LogP contribution is 2.56. The quantitative estimate of drug-likeness (QED) is 0.0754. The third-order valence-corrected chi connectivity index (χ3v) is 23.9. The number of carbonyl (C=O) groups excluding carboxylic acids is 1. The summed E-state index contributed by atoms with van der Waals surface area (Å²) in [7, 11) is -6.77. The summed E-state index contributed by atoms with van der Waals surface area (Å²) in [5, 5.41) is 0. The van der Waals surface area contributed by atoms with E-state index in [-0.39, 0.29) is 17.1 Å².